The van der Waals surface area contributed by atoms with E-state index in [2.05, 4.69) is 10.6 Å². The van der Waals surface area contributed by atoms with Crippen LogP contribution in [0.3, 0.4) is 0 Å². The lowest BCUT2D eigenvalue weighted by molar-refractivity contribution is -0.110. The molecule has 0 atom stereocenters. The molecular weight excluding hydrogens is 232 g/mol. The maximum Gasteiger partial charge on any atom is 0.283 e. The molecule has 0 saturated heterocycles. The van der Waals surface area contributed by atoms with Crippen molar-refractivity contribution in [3.8, 4) is 0 Å². The van der Waals surface area contributed by atoms with Gasteiger partial charge in [0.05, 0.1) is 0 Å². The first kappa shape index (κ1) is 12.0. The number of hydrogen-bond donors (Lipinski definition) is 2. The Morgan fingerprint density at radius 2 is 2.00 bits per heavy atom. The Morgan fingerprint density at radius 3 is 2.59 bits per heavy atom. The van der Waals surface area contributed by atoms with Crippen LogP contribution in [0.25, 0.3) is 0 Å². The lowest BCUT2D eigenvalue weighted by atomic mass is 10.1. The van der Waals surface area contributed by atoms with Gasteiger partial charge < -0.3 is 10.6 Å². The summed E-state index contributed by atoms with van der Waals surface area (Å²) in [5.41, 5.74) is 3.16. The standard InChI is InChI=1S/C13H16N2OS/c1-8-3-4-11(7-9(8)2)14-12(16)13(17)15-10-5-6-10/h3-4,7,10H,5-6H2,1-2H3,(H,14,16)(H,15,17). The molecule has 0 heterocycles. The molecule has 17 heavy (non-hydrogen) atoms. The zero-order chi connectivity index (χ0) is 12.4. The molecule has 1 amide bonds. The van der Waals surface area contributed by atoms with E-state index >= 15 is 0 Å². The molecule has 1 aromatic rings. The molecule has 1 saturated carbocycles. The van der Waals surface area contributed by atoms with E-state index < -0.39 is 0 Å². The minimum Gasteiger partial charge on any atom is -0.369 e. The lowest BCUT2D eigenvalue weighted by Gasteiger charge is -2.09. The molecule has 0 bridgehead atoms. The molecule has 0 spiro atoms. The summed E-state index contributed by atoms with van der Waals surface area (Å²) in [6.07, 6.45) is 2.22. The molecule has 0 unspecified atom stereocenters. The Balaban J connectivity index is 1.96. The van der Waals surface area contributed by atoms with Gasteiger partial charge in [-0.2, -0.15) is 0 Å². The van der Waals surface area contributed by atoms with Crippen LogP contribution in [0.5, 0.6) is 0 Å². The summed E-state index contributed by atoms with van der Waals surface area (Å²) in [5.74, 6) is -0.227. The number of hydrogen-bond acceptors (Lipinski definition) is 2. The fourth-order valence-corrected chi connectivity index (χ4v) is 1.70. The molecule has 1 aliphatic rings. The number of carbonyl (C=O) groups is 1. The maximum atomic E-state index is 11.8. The van der Waals surface area contributed by atoms with Crippen molar-refractivity contribution in [1.82, 2.24) is 5.32 Å². The smallest absolute Gasteiger partial charge is 0.283 e. The normalized spacial score (nSPS) is 14.2. The molecule has 2 N–H and O–H groups in total. The maximum absolute atomic E-state index is 11.8. The van der Waals surface area contributed by atoms with Gasteiger partial charge in [0.1, 0.15) is 0 Å². The van der Waals surface area contributed by atoms with Crippen LogP contribution in [0.15, 0.2) is 18.2 Å². The van der Waals surface area contributed by atoms with E-state index in [1.54, 1.807) is 0 Å². The average Bonchev–Trinajstić information content (AvgIpc) is 3.07. The highest BCUT2D eigenvalue weighted by Crippen LogP contribution is 2.19. The Morgan fingerprint density at radius 1 is 1.29 bits per heavy atom. The van der Waals surface area contributed by atoms with E-state index in [0.717, 1.165) is 24.1 Å². The Kier molecular flexibility index (Phi) is 3.43. The third kappa shape index (κ3) is 3.27. The van der Waals surface area contributed by atoms with Gasteiger partial charge in [0.15, 0.2) is 4.99 Å². The first-order chi connectivity index (χ1) is 8.06. The van der Waals surface area contributed by atoms with Crippen molar-refractivity contribution in [1.29, 1.82) is 0 Å². The zero-order valence-corrected chi connectivity index (χ0v) is 10.9. The molecule has 2 rings (SSSR count). The molecule has 90 valence electrons. The van der Waals surface area contributed by atoms with E-state index in [1.807, 2.05) is 32.0 Å². The van der Waals surface area contributed by atoms with Gasteiger partial charge in [0.25, 0.3) is 5.91 Å². The Labute approximate surface area is 107 Å². The van der Waals surface area contributed by atoms with Crippen LogP contribution >= 0.6 is 12.2 Å². The van der Waals surface area contributed by atoms with Crippen molar-refractivity contribution < 1.29 is 4.79 Å². The van der Waals surface area contributed by atoms with E-state index in [1.165, 1.54) is 5.56 Å². The summed E-state index contributed by atoms with van der Waals surface area (Å²) in [5, 5.41) is 5.82. The van der Waals surface area contributed by atoms with Crippen LogP contribution in [-0.2, 0) is 4.79 Å². The van der Waals surface area contributed by atoms with Gasteiger partial charge >= 0.3 is 0 Å². The van der Waals surface area contributed by atoms with Gasteiger partial charge in [-0.1, -0.05) is 18.3 Å². The number of nitrogens with one attached hydrogen (secondary N) is 2. The first-order valence-electron chi connectivity index (χ1n) is 5.75. The zero-order valence-electron chi connectivity index (χ0n) is 10.0. The number of carbonyl (C=O) groups excluding carboxylic acids is 1. The Bertz CT molecular complexity index is 466. The van der Waals surface area contributed by atoms with Crippen LogP contribution in [-0.4, -0.2) is 16.9 Å². The van der Waals surface area contributed by atoms with Gasteiger partial charge in [-0.3, -0.25) is 4.79 Å². The second-order valence-electron chi connectivity index (χ2n) is 4.50. The van der Waals surface area contributed by atoms with Crippen molar-refractivity contribution in [2.75, 3.05) is 5.32 Å². The molecule has 0 aromatic heterocycles. The van der Waals surface area contributed by atoms with Gasteiger partial charge in [-0.15, -0.1) is 0 Å². The number of thiocarbonyl (C=S) groups is 1. The molecular formula is C13H16N2OS. The average molecular weight is 248 g/mol. The van der Waals surface area contributed by atoms with Crippen LogP contribution in [0.2, 0.25) is 0 Å². The predicted octanol–water partition coefficient (Wildman–Crippen LogP) is 2.32. The fraction of sp³-hybridized carbons (Fsp3) is 0.385. The lowest BCUT2D eigenvalue weighted by Crippen LogP contribution is -2.35. The third-order valence-corrected chi connectivity index (χ3v) is 3.19. The van der Waals surface area contributed by atoms with E-state index in [9.17, 15) is 4.79 Å². The minimum absolute atomic E-state index is 0.227. The largest absolute Gasteiger partial charge is 0.369 e. The molecule has 0 aliphatic heterocycles. The van der Waals surface area contributed by atoms with Gasteiger partial charge in [-0.05, 0) is 49.9 Å². The second-order valence-corrected chi connectivity index (χ2v) is 4.91. The number of anilines is 1. The summed E-state index contributed by atoms with van der Waals surface area (Å²) in [4.78, 5) is 12.0. The predicted molar refractivity (Wildman–Crippen MR) is 73.3 cm³/mol. The van der Waals surface area contributed by atoms with Crippen LogP contribution < -0.4 is 10.6 Å². The van der Waals surface area contributed by atoms with Crippen LogP contribution in [0.1, 0.15) is 24.0 Å². The highest BCUT2D eigenvalue weighted by Gasteiger charge is 2.24. The van der Waals surface area contributed by atoms with Crippen LogP contribution in [0.4, 0.5) is 5.69 Å². The topological polar surface area (TPSA) is 41.1 Å². The molecule has 1 fully saturated rings. The molecule has 1 aromatic carbocycles. The van der Waals surface area contributed by atoms with Crippen LogP contribution in [0, 0.1) is 13.8 Å². The highest BCUT2D eigenvalue weighted by molar-refractivity contribution is 7.82. The number of rotatable bonds is 2. The summed E-state index contributed by atoms with van der Waals surface area (Å²) < 4.78 is 0. The third-order valence-electron chi connectivity index (χ3n) is 2.88. The number of aryl methyl sites for hydroxylation is 2. The number of benzene rings is 1. The van der Waals surface area contributed by atoms with Gasteiger partial charge in [0.2, 0.25) is 0 Å². The second kappa shape index (κ2) is 4.84. The molecule has 1 aliphatic carbocycles. The quantitative estimate of drug-likeness (QED) is 0.789. The summed E-state index contributed by atoms with van der Waals surface area (Å²) in [7, 11) is 0. The first-order valence-corrected chi connectivity index (χ1v) is 6.16. The SMILES string of the molecule is Cc1ccc(NC(=O)C(=S)NC2CC2)cc1C. The van der Waals surface area contributed by atoms with E-state index in [-0.39, 0.29) is 10.9 Å². The molecule has 0 radical (unpaired) electrons. The van der Waals surface area contributed by atoms with Crippen molar-refractivity contribution >= 4 is 28.8 Å². The molecule has 4 heteroatoms. The fourth-order valence-electron chi connectivity index (χ4n) is 1.49. The van der Waals surface area contributed by atoms with Crippen molar-refractivity contribution in [3.63, 3.8) is 0 Å². The van der Waals surface area contributed by atoms with Gasteiger partial charge in [-0.25, -0.2) is 0 Å². The minimum atomic E-state index is -0.227. The summed E-state index contributed by atoms with van der Waals surface area (Å²) in [6, 6.07) is 6.24. The van der Waals surface area contributed by atoms with Crippen molar-refractivity contribution in [2.24, 2.45) is 0 Å². The van der Waals surface area contributed by atoms with Crippen molar-refractivity contribution in [2.45, 2.75) is 32.7 Å². The van der Waals surface area contributed by atoms with Crippen molar-refractivity contribution in [3.05, 3.63) is 29.3 Å². The van der Waals surface area contributed by atoms with Gasteiger partial charge in [0, 0.05) is 11.7 Å². The Hall–Kier alpha value is -1.42. The van der Waals surface area contributed by atoms with E-state index in [0.29, 0.717) is 6.04 Å². The van der Waals surface area contributed by atoms with E-state index in [4.69, 9.17) is 12.2 Å². The monoisotopic (exact) mass is 248 g/mol. The summed E-state index contributed by atoms with van der Waals surface area (Å²) >= 11 is 5.03. The molecule has 3 nitrogen and oxygen atoms in total. The summed E-state index contributed by atoms with van der Waals surface area (Å²) in [6.45, 7) is 4.06. The highest BCUT2D eigenvalue weighted by atomic mass is 32.1. The number of amides is 1.